The number of hydrogen-bond acceptors (Lipinski definition) is 3. The van der Waals surface area contributed by atoms with Gasteiger partial charge in [-0.05, 0) is 44.7 Å². The Morgan fingerprint density at radius 3 is 2.08 bits per heavy atom. The largest absolute Gasteiger partial charge is 0.352 e. The molecule has 6 heteroatoms. The molecule has 0 unspecified atom stereocenters. The molecule has 0 bridgehead atoms. The van der Waals surface area contributed by atoms with Gasteiger partial charge in [0.25, 0.3) is 0 Å². The average Bonchev–Trinajstić information content (AvgIpc) is 2.48. The van der Waals surface area contributed by atoms with Crippen molar-refractivity contribution >= 4 is 15.9 Å². The fraction of sp³-hybridized carbons (Fsp3) is 0.650. The highest BCUT2D eigenvalue weighted by Gasteiger charge is 2.27. The lowest BCUT2D eigenvalue weighted by atomic mass is 9.97. The van der Waals surface area contributed by atoms with Gasteiger partial charge in [-0.25, -0.2) is 8.42 Å². The van der Waals surface area contributed by atoms with E-state index < -0.39 is 10.0 Å². The number of nitrogens with zero attached hydrogens (tertiary/aromatic N) is 1. The molecule has 0 radical (unpaired) electrons. The predicted octanol–water partition coefficient (Wildman–Crippen LogP) is 3.46. The van der Waals surface area contributed by atoms with E-state index in [-0.39, 0.29) is 18.5 Å². The van der Waals surface area contributed by atoms with Gasteiger partial charge in [0, 0.05) is 13.1 Å². The summed E-state index contributed by atoms with van der Waals surface area (Å²) < 4.78 is 27.1. The minimum Gasteiger partial charge on any atom is -0.352 e. The van der Waals surface area contributed by atoms with Crippen LogP contribution in [0.3, 0.4) is 0 Å². The van der Waals surface area contributed by atoms with Gasteiger partial charge < -0.3 is 5.32 Å². The second-order valence-corrected chi connectivity index (χ2v) is 9.58. The molecule has 0 atom stereocenters. The molecule has 2 rings (SSSR count). The Kier molecular flexibility index (Phi) is 7.24. The van der Waals surface area contributed by atoms with Crippen LogP contribution in [0.1, 0.15) is 61.6 Å². The number of likely N-dealkylation sites (N-methyl/N-ethyl adjacent to an activating group) is 1. The lowest BCUT2D eigenvalue weighted by Gasteiger charge is -2.24. The smallest absolute Gasteiger partial charge is 0.243 e. The van der Waals surface area contributed by atoms with Gasteiger partial charge in [0.05, 0.1) is 11.4 Å². The highest BCUT2D eigenvalue weighted by atomic mass is 32.2. The summed E-state index contributed by atoms with van der Waals surface area (Å²) >= 11 is 0. The molecular weight excluding hydrogens is 348 g/mol. The first-order chi connectivity index (χ1) is 12.2. The van der Waals surface area contributed by atoms with Crippen LogP contribution in [0, 0.1) is 20.8 Å². The second-order valence-electron chi connectivity index (χ2n) is 7.60. The predicted molar refractivity (Wildman–Crippen MR) is 105 cm³/mol. The van der Waals surface area contributed by atoms with Crippen molar-refractivity contribution in [3.05, 3.63) is 28.8 Å². The third-order valence-electron chi connectivity index (χ3n) is 5.11. The Labute approximate surface area is 158 Å². The summed E-state index contributed by atoms with van der Waals surface area (Å²) in [5, 5.41) is 3.03. The molecule has 1 aliphatic rings. The van der Waals surface area contributed by atoms with Crippen LogP contribution in [-0.2, 0) is 14.8 Å². The maximum atomic E-state index is 13.0. The Morgan fingerprint density at radius 2 is 1.54 bits per heavy atom. The number of benzene rings is 1. The highest BCUT2D eigenvalue weighted by Crippen LogP contribution is 2.24. The quantitative estimate of drug-likeness (QED) is 0.851. The first-order valence-electron chi connectivity index (χ1n) is 9.55. The lowest BCUT2D eigenvalue weighted by Crippen LogP contribution is -2.43. The zero-order valence-corrected chi connectivity index (χ0v) is 17.3. The molecule has 0 aliphatic heterocycles. The molecule has 1 amide bonds. The first-order valence-corrected chi connectivity index (χ1v) is 11.0. The van der Waals surface area contributed by atoms with E-state index in [1.165, 1.54) is 26.3 Å². The normalized spacial score (nSPS) is 17.0. The SMILES string of the molecule is Cc1cc(C)c(S(=O)(=O)N(C)CC(=O)NC2CCCCCCC2)c(C)c1. The fourth-order valence-electron chi connectivity index (χ4n) is 3.89. The van der Waals surface area contributed by atoms with E-state index in [0.717, 1.165) is 46.7 Å². The van der Waals surface area contributed by atoms with Gasteiger partial charge in [-0.15, -0.1) is 0 Å². The van der Waals surface area contributed by atoms with Crippen LogP contribution in [0.5, 0.6) is 0 Å². The Bertz CT molecular complexity index is 712. The molecule has 1 N–H and O–H groups in total. The molecule has 146 valence electrons. The van der Waals surface area contributed by atoms with Crippen LogP contribution in [0.15, 0.2) is 17.0 Å². The van der Waals surface area contributed by atoms with Crippen molar-refractivity contribution in [1.29, 1.82) is 0 Å². The highest BCUT2D eigenvalue weighted by molar-refractivity contribution is 7.89. The number of amides is 1. The van der Waals surface area contributed by atoms with Crippen LogP contribution in [0.25, 0.3) is 0 Å². The van der Waals surface area contributed by atoms with Crippen molar-refractivity contribution < 1.29 is 13.2 Å². The molecule has 26 heavy (non-hydrogen) atoms. The molecule has 1 saturated carbocycles. The summed E-state index contributed by atoms with van der Waals surface area (Å²) in [5.41, 5.74) is 2.47. The number of hydrogen-bond donors (Lipinski definition) is 1. The molecule has 1 aromatic carbocycles. The van der Waals surface area contributed by atoms with Gasteiger partial charge in [-0.3, -0.25) is 4.79 Å². The summed E-state index contributed by atoms with van der Waals surface area (Å²) in [7, 11) is -2.22. The van der Waals surface area contributed by atoms with Crippen LogP contribution in [0.2, 0.25) is 0 Å². The van der Waals surface area contributed by atoms with E-state index in [4.69, 9.17) is 0 Å². The molecule has 0 spiro atoms. The van der Waals surface area contributed by atoms with E-state index in [1.54, 1.807) is 13.8 Å². The van der Waals surface area contributed by atoms with E-state index >= 15 is 0 Å². The fourth-order valence-corrected chi connectivity index (χ4v) is 5.42. The third kappa shape index (κ3) is 5.30. The molecule has 0 saturated heterocycles. The topological polar surface area (TPSA) is 66.5 Å². The van der Waals surface area contributed by atoms with Crippen molar-refractivity contribution in [2.75, 3.05) is 13.6 Å². The van der Waals surface area contributed by atoms with E-state index in [1.807, 2.05) is 19.1 Å². The number of carbonyl (C=O) groups is 1. The van der Waals surface area contributed by atoms with Gasteiger partial charge in [-0.2, -0.15) is 4.31 Å². The molecule has 0 aromatic heterocycles. The monoisotopic (exact) mass is 380 g/mol. The van der Waals surface area contributed by atoms with Crippen molar-refractivity contribution in [2.24, 2.45) is 0 Å². The van der Waals surface area contributed by atoms with Crippen molar-refractivity contribution in [1.82, 2.24) is 9.62 Å². The second kappa shape index (κ2) is 9.00. The minimum absolute atomic E-state index is 0.147. The lowest BCUT2D eigenvalue weighted by molar-refractivity contribution is -0.121. The summed E-state index contributed by atoms with van der Waals surface area (Å²) in [6, 6.07) is 3.90. The van der Waals surface area contributed by atoms with Crippen LogP contribution >= 0.6 is 0 Å². The maximum Gasteiger partial charge on any atom is 0.243 e. The minimum atomic E-state index is -3.69. The van der Waals surface area contributed by atoms with Crippen LogP contribution in [0.4, 0.5) is 0 Å². The Balaban J connectivity index is 2.05. The first kappa shape index (κ1) is 20.9. The summed E-state index contributed by atoms with van der Waals surface area (Å²) in [6.07, 6.45) is 7.93. The van der Waals surface area contributed by atoms with E-state index in [2.05, 4.69) is 5.32 Å². The van der Waals surface area contributed by atoms with Gasteiger partial charge in [0.2, 0.25) is 15.9 Å². The Hall–Kier alpha value is -1.40. The zero-order valence-electron chi connectivity index (χ0n) is 16.5. The molecule has 5 nitrogen and oxygen atoms in total. The van der Waals surface area contributed by atoms with Crippen molar-refractivity contribution in [2.45, 2.75) is 76.7 Å². The van der Waals surface area contributed by atoms with E-state index in [9.17, 15) is 13.2 Å². The summed E-state index contributed by atoms with van der Waals surface area (Å²) in [5.74, 6) is -0.218. The van der Waals surface area contributed by atoms with Crippen LogP contribution in [-0.4, -0.2) is 38.3 Å². The number of aryl methyl sites for hydroxylation is 3. The van der Waals surface area contributed by atoms with Gasteiger partial charge >= 0.3 is 0 Å². The van der Waals surface area contributed by atoms with E-state index in [0.29, 0.717) is 4.90 Å². The number of rotatable bonds is 5. The molecule has 1 aliphatic carbocycles. The van der Waals surface area contributed by atoms with Gasteiger partial charge in [0.15, 0.2) is 0 Å². The number of carbonyl (C=O) groups excluding carboxylic acids is 1. The maximum absolute atomic E-state index is 13.0. The molecular formula is C20H32N2O3S. The van der Waals surface area contributed by atoms with Crippen molar-refractivity contribution in [3.63, 3.8) is 0 Å². The summed E-state index contributed by atoms with van der Waals surface area (Å²) in [6.45, 7) is 5.40. The molecule has 0 heterocycles. The average molecular weight is 381 g/mol. The van der Waals surface area contributed by atoms with Crippen LogP contribution < -0.4 is 5.32 Å². The molecule has 1 fully saturated rings. The molecule has 1 aromatic rings. The standard InChI is InChI=1S/C20H32N2O3S/c1-15-12-16(2)20(17(3)13-15)26(24,25)22(4)14-19(23)21-18-10-8-6-5-7-9-11-18/h12-13,18H,5-11,14H2,1-4H3,(H,21,23). The third-order valence-corrected chi connectivity index (χ3v) is 7.22. The zero-order chi connectivity index (χ0) is 19.3. The number of nitrogens with one attached hydrogen (secondary N) is 1. The van der Waals surface area contributed by atoms with Gasteiger partial charge in [0.1, 0.15) is 0 Å². The summed E-state index contributed by atoms with van der Waals surface area (Å²) in [4.78, 5) is 12.7. The Morgan fingerprint density at radius 1 is 1.04 bits per heavy atom. The number of sulfonamides is 1. The van der Waals surface area contributed by atoms with Gasteiger partial charge in [-0.1, -0.05) is 49.8 Å². The van der Waals surface area contributed by atoms with Crippen molar-refractivity contribution in [3.8, 4) is 0 Å².